The molecule has 3 nitrogen and oxygen atoms in total. The van der Waals surface area contributed by atoms with E-state index in [2.05, 4.69) is 53.8 Å². The molecule has 3 rings (SSSR count). The van der Waals surface area contributed by atoms with E-state index in [1.807, 2.05) is 0 Å². The third-order valence-electron chi connectivity index (χ3n) is 2.68. The van der Waals surface area contributed by atoms with Gasteiger partial charge in [0.05, 0.1) is 0 Å². The van der Waals surface area contributed by atoms with Gasteiger partial charge in [0, 0.05) is 24.7 Å². The largest absolute Gasteiger partial charge is 0.481 e. The molecule has 92 valence electrons. The highest BCUT2D eigenvalue weighted by Gasteiger charge is 2.12. The van der Waals surface area contributed by atoms with Crippen LogP contribution < -0.4 is 5.32 Å². The van der Waals surface area contributed by atoms with Crippen LogP contribution in [-0.4, -0.2) is 11.1 Å². The molecule has 0 saturated heterocycles. The summed E-state index contributed by atoms with van der Waals surface area (Å²) in [6.45, 7) is 1.08. The van der Waals surface area contributed by atoms with Crippen LogP contribution >= 0.6 is 0 Å². The van der Waals surface area contributed by atoms with E-state index < -0.39 is 5.97 Å². The summed E-state index contributed by atoms with van der Waals surface area (Å²) in [4.78, 5) is 9.00. The second-order valence-electron chi connectivity index (χ2n) is 4.14. The van der Waals surface area contributed by atoms with Crippen LogP contribution in [0.2, 0.25) is 0 Å². The Balaban J connectivity index is 0.000000267. The van der Waals surface area contributed by atoms with Crippen LogP contribution in [0.15, 0.2) is 48.5 Å². The molecule has 1 aliphatic rings. The lowest BCUT2D eigenvalue weighted by Crippen LogP contribution is -2.05. The molecule has 0 fully saturated rings. The SMILES string of the molecule is CC(=O)O.c1ccc2c(c1)Cc1ccccc1N2. The van der Waals surface area contributed by atoms with Gasteiger partial charge in [-0.15, -0.1) is 0 Å². The van der Waals surface area contributed by atoms with Gasteiger partial charge in [-0.2, -0.15) is 0 Å². The number of anilines is 2. The zero-order chi connectivity index (χ0) is 13.0. The molecule has 1 heterocycles. The number of benzene rings is 2. The number of carbonyl (C=O) groups is 1. The van der Waals surface area contributed by atoms with Crippen molar-refractivity contribution in [2.75, 3.05) is 5.32 Å². The molecule has 2 aromatic carbocycles. The lowest BCUT2D eigenvalue weighted by Gasteiger charge is -2.20. The maximum Gasteiger partial charge on any atom is 0.300 e. The Kier molecular flexibility index (Phi) is 3.63. The van der Waals surface area contributed by atoms with Crippen molar-refractivity contribution in [2.24, 2.45) is 0 Å². The molecule has 1 aliphatic heterocycles. The molecule has 0 saturated carbocycles. The topological polar surface area (TPSA) is 49.3 Å². The quantitative estimate of drug-likeness (QED) is 0.634. The van der Waals surface area contributed by atoms with Gasteiger partial charge in [0.25, 0.3) is 5.97 Å². The number of para-hydroxylation sites is 2. The normalized spacial score (nSPS) is 11.2. The molecule has 0 bridgehead atoms. The summed E-state index contributed by atoms with van der Waals surface area (Å²) >= 11 is 0. The fourth-order valence-electron chi connectivity index (χ4n) is 1.94. The Morgan fingerprint density at radius 2 is 1.39 bits per heavy atom. The van der Waals surface area contributed by atoms with Gasteiger partial charge in [-0.1, -0.05) is 36.4 Å². The molecule has 0 unspecified atom stereocenters. The average molecular weight is 241 g/mol. The molecule has 0 spiro atoms. The number of hydrogen-bond acceptors (Lipinski definition) is 2. The molecule has 0 aliphatic carbocycles. The molecule has 3 heteroatoms. The van der Waals surface area contributed by atoms with Crippen LogP contribution in [0.25, 0.3) is 0 Å². The van der Waals surface area contributed by atoms with Gasteiger partial charge in [-0.05, 0) is 23.3 Å². The van der Waals surface area contributed by atoms with Crippen LogP contribution in [-0.2, 0) is 11.2 Å². The summed E-state index contributed by atoms with van der Waals surface area (Å²) in [5.41, 5.74) is 5.25. The molecule has 0 amide bonds. The molecule has 0 atom stereocenters. The van der Waals surface area contributed by atoms with Crippen molar-refractivity contribution in [1.29, 1.82) is 0 Å². The van der Waals surface area contributed by atoms with Gasteiger partial charge in [-0.3, -0.25) is 4.79 Å². The maximum atomic E-state index is 9.00. The zero-order valence-electron chi connectivity index (χ0n) is 10.2. The van der Waals surface area contributed by atoms with Crippen LogP contribution in [0.4, 0.5) is 11.4 Å². The van der Waals surface area contributed by atoms with Crippen molar-refractivity contribution in [1.82, 2.24) is 0 Å². The number of nitrogens with one attached hydrogen (secondary N) is 1. The first-order valence-electron chi connectivity index (χ1n) is 5.79. The maximum absolute atomic E-state index is 9.00. The van der Waals surface area contributed by atoms with E-state index in [9.17, 15) is 0 Å². The minimum Gasteiger partial charge on any atom is -0.481 e. The number of hydrogen-bond donors (Lipinski definition) is 2. The Morgan fingerprint density at radius 1 is 1.00 bits per heavy atom. The molecule has 2 N–H and O–H groups in total. The van der Waals surface area contributed by atoms with E-state index in [0.29, 0.717) is 0 Å². The van der Waals surface area contributed by atoms with Crippen LogP contribution in [0, 0.1) is 0 Å². The monoisotopic (exact) mass is 241 g/mol. The van der Waals surface area contributed by atoms with E-state index in [1.54, 1.807) is 0 Å². The Morgan fingerprint density at radius 3 is 1.83 bits per heavy atom. The summed E-state index contributed by atoms with van der Waals surface area (Å²) in [7, 11) is 0. The first-order chi connectivity index (χ1) is 8.66. The van der Waals surface area contributed by atoms with Gasteiger partial charge >= 0.3 is 0 Å². The number of aliphatic carboxylic acids is 1. The Labute approximate surface area is 106 Å². The van der Waals surface area contributed by atoms with Crippen LogP contribution in [0.3, 0.4) is 0 Å². The van der Waals surface area contributed by atoms with E-state index in [1.165, 1.54) is 22.5 Å². The van der Waals surface area contributed by atoms with Gasteiger partial charge in [0.15, 0.2) is 0 Å². The summed E-state index contributed by atoms with van der Waals surface area (Å²) in [6, 6.07) is 16.9. The van der Waals surface area contributed by atoms with Gasteiger partial charge in [-0.25, -0.2) is 0 Å². The Hall–Kier alpha value is -2.29. The zero-order valence-corrected chi connectivity index (χ0v) is 10.2. The van der Waals surface area contributed by atoms with Crippen LogP contribution in [0.1, 0.15) is 18.1 Å². The third-order valence-corrected chi connectivity index (χ3v) is 2.68. The third kappa shape index (κ3) is 2.88. The second-order valence-corrected chi connectivity index (χ2v) is 4.14. The van der Waals surface area contributed by atoms with Crippen molar-refractivity contribution in [3.05, 3.63) is 59.7 Å². The highest BCUT2D eigenvalue weighted by atomic mass is 16.4. The fraction of sp³-hybridized carbons (Fsp3) is 0.133. The smallest absolute Gasteiger partial charge is 0.300 e. The summed E-state index contributed by atoms with van der Waals surface area (Å²) in [6.07, 6.45) is 1.04. The number of fused-ring (bicyclic) bond motifs is 2. The van der Waals surface area contributed by atoms with Gasteiger partial charge < -0.3 is 10.4 Å². The number of carboxylic acid groups (broad SMARTS) is 1. The minimum absolute atomic E-state index is 0.833. The second kappa shape index (κ2) is 5.36. The van der Waals surface area contributed by atoms with Crippen molar-refractivity contribution in [2.45, 2.75) is 13.3 Å². The van der Waals surface area contributed by atoms with Gasteiger partial charge in [0.2, 0.25) is 0 Å². The molecule has 0 radical (unpaired) electrons. The van der Waals surface area contributed by atoms with Crippen molar-refractivity contribution in [3.8, 4) is 0 Å². The Bertz CT molecular complexity index is 472. The molecule has 2 aromatic rings. The summed E-state index contributed by atoms with van der Waals surface area (Å²) < 4.78 is 0. The van der Waals surface area contributed by atoms with E-state index in [0.717, 1.165) is 13.3 Å². The molecular formula is C15H15NO2. The molecule has 18 heavy (non-hydrogen) atoms. The first kappa shape index (κ1) is 12.2. The highest BCUT2D eigenvalue weighted by molar-refractivity contribution is 5.71. The lowest BCUT2D eigenvalue weighted by atomic mass is 9.98. The predicted molar refractivity (Wildman–Crippen MR) is 72.3 cm³/mol. The predicted octanol–water partition coefficient (Wildman–Crippen LogP) is 3.43. The average Bonchev–Trinajstić information content (AvgIpc) is 2.35. The van der Waals surface area contributed by atoms with E-state index in [4.69, 9.17) is 9.90 Å². The van der Waals surface area contributed by atoms with E-state index in [-0.39, 0.29) is 0 Å². The van der Waals surface area contributed by atoms with Crippen molar-refractivity contribution < 1.29 is 9.90 Å². The van der Waals surface area contributed by atoms with Crippen LogP contribution in [0.5, 0.6) is 0 Å². The fourth-order valence-corrected chi connectivity index (χ4v) is 1.94. The number of carboxylic acids is 1. The highest BCUT2D eigenvalue weighted by Crippen LogP contribution is 2.31. The summed E-state index contributed by atoms with van der Waals surface area (Å²) in [5.74, 6) is -0.833. The molecule has 0 aromatic heterocycles. The molecular weight excluding hydrogens is 226 g/mol. The van der Waals surface area contributed by atoms with Crippen molar-refractivity contribution >= 4 is 17.3 Å². The van der Waals surface area contributed by atoms with Crippen molar-refractivity contribution in [3.63, 3.8) is 0 Å². The van der Waals surface area contributed by atoms with Gasteiger partial charge in [0.1, 0.15) is 0 Å². The first-order valence-corrected chi connectivity index (χ1v) is 5.79. The summed E-state index contributed by atoms with van der Waals surface area (Å²) in [5, 5.41) is 10.9. The number of rotatable bonds is 0. The standard InChI is InChI=1S/C13H11N.C2H4O2/c1-3-7-12-10(5-1)9-11-6-2-4-8-13(11)14-12;1-2(3)4/h1-8,14H,9H2;1H3,(H,3,4). The lowest BCUT2D eigenvalue weighted by molar-refractivity contribution is -0.134. The van der Waals surface area contributed by atoms with E-state index >= 15 is 0 Å². The minimum atomic E-state index is -0.833.